The van der Waals surface area contributed by atoms with Crippen molar-refractivity contribution < 1.29 is 0 Å². The van der Waals surface area contributed by atoms with Gasteiger partial charge in [0.15, 0.2) is 0 Å². The van der Waals surface area contributed by atoms with E-state index >= 15 is 0 Å². The average molecular weight is 177 g/mol. The van der Waals surface area contributed by atoms with Gasteiger partial charge >= 0.3 is 0 Å². The average Bonchev–Trinajstić information content (AvgIpc) is 2.14. The molecule has 0 aromatic heterocycles. The van der Waals surface area contributed by atoms with Gasteiger partial charge in [0.25, 0.3) is 0 Å². The second-order valence-electron chi connectivity index (χ2n) is 1.22. The van der Waals surface area contributed by atoms with Gasteiger partial charge in [-0.25, -0.2) is 0 Å². The number of hydrogen-bond donors (Lipinski definition) is 0. The second kappa shape index (κ2) is 2.58. The van der Waals surface area contributed by atoms with Crippen molar-refractivity contribution in [1.82, 2.24) is 0 Å². The van der Waals surface area contributed by atoms with Crippen molar-refractivity contribution in [2.75, 3.05) is 5.75 Å². The van der Waals surface area contributed by atoms with E-state index in [0.29, 0.717) is 0 Å². The van der Waals surface area contributed by atoms with E-state index in [1.165, 1.54) is 4.91 Å². The number of rotatable bonds is 0. The van der Waals surface area contributed by atoms with Gasteiger partial charge in [0, 0.05) is 10.7 Å². The summed E-state index contributed by atoms with van der Waals surface area (Å²) in [6.07, 6.45) is 4.26. The lowest BCUT2D eigenvalue weighted by molar-refractivity contribution is 1.83. The van der Waals surface area contributed by atoms with Crippen molar-refractivity contribution in [1.29, 1.82) is 0 Å². The van der Waals surface area contributed by atoms with Crippen LogP contribution in [0.2, 0.25) is 0 Å². The zero-order valence-corrected chi connectivity index (χ0v) is 6.13. The monoisotopic (exact) mass is 176 g/mol. The maximum Gasteiger partial charge on any atom is 0.0164 e. The van der Waals surface area contributed by atoms with Crippen LogP contribution in [0.5, 0.6) is 0 Å². The van der Waals surface area contributed by atoms with Crippen LogP contribution in [-0.2, 0) is 0 Å². The highest BCUT2D eigenvalue weighted by atomic mass is 79.9. The summed E-state index contributed by atoms with van der Waals surface area (Å²) in [7, 11) is 0. The molecule has 38 valence electrons. The van der Waals surface area contributed by atoms with Gasteiger partial charge in [-0.2, -0.15) is 0 Å². The molecule has 0 aliphatic carbocycles. The predicted octanol–water partition coefficient (Wildman–Crippen LogP) is 2.53. The van der Waals surface area contributed by atoms with E-state index in [2.05, 4.69) is 28.1 Å². The molecule has 0 spiro atoms. The van der Waals surface area contributed by atoms with Crippen LogP contribution in [-0.4, -0.2) is 5.75 Å². The quantitative estimate of drug-likeness (QED) is 0.547. The Morgan fingerprint density at radius 3 is 3.00 bits per heavy atom. The van der Waals surface area contributed by atoms with E-state index in [-0.39, 0.29) is 0 Å². The first-order valence-electron chi connectivity index (χ1n) is 2.03. The Balaban J connectivity index is 2.59. The Morgan fingerprint density at radius 2 is 2.71 bits per heavy atom. The molecule has 0 bridgehead atoms. The van der Waals surface area contributed by atoms with Crippen molar-refractivity contribution in [2.45, 2.75) is 0 Å². The van der Waals surface area contributed by atoms with Crippen LogP contribution in [0, 0.1) is 0 Å². The molecule has 0 radical (unpaired) electrons. The third kappa shape index (κ3) is 1.35. The Bertz CT molecular complexity index is 112. The third-order valence-corrected chi connectivity index (χ3v) is 2.48. The Kier molecular flexibility index (Phi) is 2.00. The van der Waals surface area contributed by atoms with Crippen LogP contribution in [0.15, 0.2) is 22.0 Å². The minimum Gasteiger partial charge on any atom is -0.121 e. The summed E-state index contributed by atoms with van der Waals surface area (Å²) in [6, 6.07) is 0. The summed E-state index contributed by atoms with van der Waals surface area (Å²) >= 11 is 5.09. The molecule has 7 heavy (non-hydrogen) atoms. The molecule has 1 rings (SSSR count). The highest BCUT2D eigenvalue weighted by Crippen LogP contribution is 2.23. The molecule has 0 saturated carbocycles. The molecular weight excluding hydrogens is 172 g/mol. The molecule has 1 heterocycles. The molecule has 0 aromatic carbocycles. The summed E-state index contributed by atoms with van der Waals surface area (Å²) in [4.78, 5) is 3.27. The first kappa shape index (κ1) is 5.45. The Labute approximate surface area is 55.8 Å². The fourth-order valence-electron chi connectivity index (χ4n) is 0.425. The van der Waals surface area contributed by atoms with E-state index in [0.717, 1.165) is 5.75 Å². The van der Waals surface area contributed by atoms with E-state index < -0.39 is 0 Å². The molecule has 1 aliphatic heterocycles. The predicted molar refractivity (Wildman–Crippen MR) is 38.6 cm³/mol. The highest BCUT2D eigenvalue weighted by Gasteiger charge is 1.95. The lowest BCUT2D eigenvalue weighted by Gasteiger charge is -1.82. The molecule has 1 aliphatic rings. The van der Waals surface area contributed by atoms with E-state index in [1.807, 2.05) is 16.7 Å². The Hall–Kier alpha value is 0.310. The molecule has 0 N–H and O–H groups in total. The van der Waals surface area contributed by atoms with Crippen LogP contribution in [0.25, 0.3) is 0 Å². The van der Waals surface area contributed by atoms with Gasteiger partial charge in [-0.15, -0.1) is 11.8 Å². The van der Waals surface area contributed by atoms with Crippen LogP contribution < -0.4 is 0 Å². The van der Waals surface area contributed by atoms with Gasteiger partial charge in [-0.1, -0.05) is 28.1 Å². The lowest BCUT2D eigenvalue weighted by atomic mass is 10.5. The van der Waals surface area contributed by atoms with Gasteiger partial charge in [-0.05, 0) is 4.99 Å². The highest BCUT2D eigenvalue weighted by molar-refractivity contribution is 9.11. The van der Waals surface area contributed by atoms with Gasteiger partial charge in [-0.3, -0.25) is 0 Å². The SMILES string of the molecule is BrC=C1C=CCS1. The fourth-order valence-corrected chi connectivity index (χ4v) is 1.61. The molecule has 0 unspecified atom stereocenters. The maximum atomic E-state index is 3.24. The first-order chi connectivity index (χ1) is 3.43. The molecule has 0 fully saturated rings. The molecule has 2 heteroatoms. The summed E-state index contributed by atoms with van der Waals surface area (Å²) in [5.74, 6) is 1.14. The van der Waals surface area contributed by atoms with Crippen molar-refractivity contribution >= 4 is 27.7 Å². The Morgan fingerprint density at radius 1 is 1.86 bits per heavy atom. The normalized spacial score (nSPS) is 24.4. The van der Waals surface area contributed by atoms with Crippen molar-refractivity contribution in [3.8, 4) is 0 Å². The molecule has 0 saturated heterocycles. The van der Waals surface area contributed by atoms with E-state index in [4.69, 9.17) is 0 Å². The maximum absolute atomic E-state index is 3.24. The van der Waals surface area contributed by atoms with Crippen LogP contribution in [0.3, 0.4) is 0 Å². The van der Waals surface area contributed by atoms with Gasteiger partial charge in [0.05, 0.1) is 0 Å². The zero-order chi connectivity index (χ0) is 5.11. The number of allylic oxidation sites excluding steroid dienone is 1. The molecule has 0 atom stereocenters. The van der Waals surface area contributed by atoms with Gasteiger partial charge in [0.2, 0.25) is 0 Å². The van der Waals surface area contributed by atoms with Crippen molar-refractivity contribution in [2.24, 2.45) is 0 Å². The molecular formula is C5H5BrS. The summed E-state index contributed by atoms with van der Waals surface area (Å²) < 4.78 is 0. The topological polar surface area (TPSA) is 0 Å². The van der Waals surface area contributed by atoms with Crippen LogP contribution in [0.1, 0.15) is 0 Å². The standard InChI is InChI=1S/C5H5BrS/c6-4-5-2-1-3-7-5/h1-2,4H,3H2. The molecule has 0 nitrogen and oxygen atoms in total. The smallest absolute Gasteiger partial charge is 0.0164 e. The van der Waals surface area contributed by atoms with Crippen LogP contribution >= 0.6 is 27.7 Å². The van der Waals surface area contributed by atoms with Gasteiger partial charge in [0.1, 0.15) is 0 Å². The van der Waals surface area contributed by atoms with Crippen molar-refractivity contribution in [3.63, 3.8) is 0 Å². The number of thioether (sulfide) groups is 1. The van der Waals surface area contributed by atoms with Crippen molar-refractivity contribution in [3.05, 3.63) is 22.0 Å². The largest absolute Gasteiger partial charge is 0.121 e. The summed E-state index contributed by atoms with van der Waals surface area (Å²) in [5, 5.41) is 0. The lowest BCUT2D eigenvalue weighted by Crippen LogP contribution is -1.55. The molecule has 0 aromatic rings. The number of hydrogen-bond acceptors (Lipinski definition) is 1. The summed E-state index contributed by atoms with van der Waals surface area (Å²) in [6.45, 7) is 0. The third-order valence-electron chi connectivity index (χ3n) is 0.736. The summed E-state index contributed by atoms with van der Waals surface area (Å²) in [5.41, 5.74) is 0. The second-order valence-corrected chi connectivity index (χ2v) is 2.78. The minimum absolute atomic E-state index is 1.14. The fraction of sp³-hybridized carbons (Fsp3) is 0.200. The molecule has 0 amide bonds. The minimum atomic E-state index is 1.14. The number of halogens is 1. The van der Waals surface area contributed by atoms with Gasteiger partial charge < -0.3 is 0 Å². The zero-order valence-electron chi connectivity index (χ0n) is 3.73. The van der Waals surface area contributed by atoms with E-state index in [9.17, 15) is 0 Å². The van der Waals surface area contributed by atoms with E-state index in [1.54, 1.807) is 0 Å². The van der Waals surface area contributed by atoms with Crippen LogP contribution in [0.4, 0.5) is 0 Å². The first-order valence-corrected chi connectivity index (χ1v) is 3.93.